The van der Waals surface area contributed by atoms with Crippen molar-refractivity contribution in [3.63, 3.8) is 0 Å². The highest BCUT2D eigenvalue weighted by Gasteiger charge is 2.41. The lowest BCUT2D eigenvalue weighted by Gasteiger charge is -2.42. The van der Waals surface area contributed by atoms with Crippen molar-refractivity contribution < 1.29 is 14.4 Å². The molecule has 0 bridgehead atoms. The second-order valence-corrected chi connectivity index (χ2v) is 8.13. The van der Waals surface area contributed by atoms with Crippen LogP contribution in [0.5, 0.6) is 0 Å². The first-order chi connectivity index (χ1) is 11.6. The van der Waals surface area contributed by atoms with Crippen molar-refractivity contribution in [1.29, 1.82) is 0 Å². The van der Waals surface area contributed by atoms with Crippen molar-refractivity contribution >= 4 is 0 Å². The number of nitrogens with zero attached hydrogens (tertiary/aromatic N) is 3. The molecule has 6 nitrogen and oxygen atoms in total. The van der Waals surface area contributed by atoms with Gasteiger partial charge in [0, 0.05) is 26.1 Å². The number of likely N-dealkylation sites (tertiary alicyclic amines) is 1. The molecule has 1 aliphatic heterocycles. The first kappa shape index (κ1) is 16.5. The van der Waals surface area contributed by atoms with Crippen LogP contribution in [0.3, 0.4) is 0 Å². The molecule has 1 saturated heterocycles. The highest BCUT2D eigenvalue weighted by molar-refractivity contribution is 5.05. The van der Waals surface area contributed by atoms with Crippen LogP contribution in [-0.2, 0) is 11.2 Å². The van der Waals surface area contributed by atoms with Crippen LogP contribution in [-0.4, -0.2) is 58.1 Å². The minimum absolute atomic E-state index is 0.0120. The van der Waals surface area contributed by atoms with Gasteiger partial charge in [0.05, 0.1) is 17.6 Å². The molecule has 3 aliphatic rings. The third kappa shape index (κ3) is 3.51. The highest BCUT2D eigenvalue weighted by Crippen LogP contribution is 2.39. The third-order valence-electron chi connectivity index (χ3n) is 6.00. The predicted molar refractivity (Wildman–Crippen MR) is 88.8 cm³/mol. The van der Waals surface area contributed by atoms with Gasteiger partial charge in [-0.3, -0.25) is 4.90 Å². The number of hydrogen-bond acceptors (Lipinski definition) is 6. The number of aromatic nitrogens is 2. The normalized spacial score (nSPS) is 30.8. The second kappa shape index (κ2) is 6.39. The lowest BCUT2D eigenvalue weighted by molar-refractivity contribution is -0.0768. The number of aliphatic hydroxyl groups is 1. The summed E-state index contributed by atoms with van der Waals surface area (Å²) in [6.07, 6.45) is 9.34. The van der Waals surface area contributed by atoms with Crippen molar-refractivity contribution in [1.82, 2.24) is 15.0 Å². The molecule has 0 spiro atoms. The number of rotatable bonds is 6. The fourth-order valence-electron chi connectivity index (χ4n) is 4.47. The highest BCUT2D eigenvalue weighted by atomic mass is 16.5. The van der Waals surface area contributed by atoms with E-state index in [2.05, 4.69) is 15.0 Å². The van der Waals surface area contributed by atoms with E-state index in [0.717, 1.165) is 57.4 Å². The second-order valence-electron chi connectivity index (χ2n) is 8.13. The first-order valence-corrected chi connectivity index (χ1v) is 9.42. The molecule has 1 N–H and O–H groups in total. The maximum Gasteiger partial charge on any atom is 0.229 e. The number of hydrogen-bond donors (Lipinski definition) is 1. The number of ether oxygens (including phenoxy) is 1. The van der Waals surface area contributed by atoms with Gasteiger partial charge in [-0.2, -0.15) is 4.98 Å². The van der Waals surface area contributed by atoms with Gasteiger partial charge < -0.3 is 14.4 Å². The molecule has 2 heterocycles. The Kier molecular flexibility index (Phi) is 4.39. The van der Waals surface area contributed by atoms with E-state index in [4.69, 9.17) is 9.26 Å². The van der Waals surface area contributed by atoms with E-state index in [9.17, 15) is 5.11 Å². The lowest BCUT2D eigenvalue weighted by atomic mass is 9.88. The van der Waals surface area contributed by atoms with Crippen molar-refractivity contribution in [2.24, 2.45) is 0 Å². The van der Waals surface area contributed by atoms with E-state index >= 15 is 0 Å². The molecule has 134 valence electrons. The zero-order valence-electron chi connectivity index (χ0n) is 14.7. The van der Waals surface area contributed by atoms with E-state index in [-0.39, 0.29) is 5.60 Å². The van der Waals surface area contributed by atoms with Crippen molar-refractivity contribution in [2.75, 3.05) is 26.7 Å². The van der Waals surface area contributed by atoms with Gasteiger partial charge in [-0.1, -0.05) is 18.0 Å². The summed E-state index contributed by atoms with van der Waals surface area (Å²) in [6.45, 7) is 2.62. The molecule has 2 aliphatic carbocycles. The number of β-amino-alcohol motifs (C(OH)–C–C–N with tert-alkyl or cyclic N) is 1. The van der Waals surface area contributed by atoms with Crippen LogP contribution in [0.25, 0.3) is 0 Å². The molecule has 24 heavy (non-hydrogen) atoms. The van der Waals surface area contributed by atoms with Crippen molar-refractivity contribution in [3.05, 3.63) is 11.7 Å². The molecular weight excluding hydrogens is 306 g/mol. The Balaban J connectivity index is 1.39. The zero-order chi connectivity index (χ0) is 16.6. The molecule has 1 unspecified atom stereocenters. The zero-order valence-corrected chi connectivity index (χ0v) is 14.7. The van der Waals surface area contributed by atoms with Crippen LogP contribution < -0.4 is 0 Å². The molecule has 2 saturated carbocycles. The van der Waals surface area contributed by atoms with Crippen molar-refractivity contribution in [3.8, 4) is 0 Å². The summed E-state index contributed by atoms with van der Waals surface area (Å²) in [4.78, 5) is 6.86. The van der Waals surface area contributed by atoms with Crippen LogP contribution in [0.1, 0.15) is 69.0 Å². The van der Waals surface area contributed by atoms with E-state index in [1.165, 1.54) is 12.8 Å². The molecule has 3 fully saturated rings. The smallest absolute Gasteiger partial charge is 0.229 e. The number of piperidine rings is 1. The molecule has 4 rings (SSSR count). The quantitative estimate of drug-likeness (QED) is 0.860. The first-order valence-electron chi connectivity index (χ1n) is 9.42. The lowest BCUT2D eigenvalue weighted by Crippen LogP contribution is -2.53. The maximum absolute atomic E-state index is 11.1. The monoisotopic (exact) mass is 335 g/mol. The SMILES string of the molecule is COC1(CN2CCCC(O)(Cc3nc(C4CC4)no3)C2)CCCC1. The molecule has 0 radical (unpaired) electrons. The Hall–Kier alpha value is -0.980. The Morgan fingerprint density at radius 1 is 1.25 bits per heavy atom. The molecule has 1 atom stereocenters. The summed E-state index contributed by atoms with van der Waals surface area (Å²) < 4.78 is 11.2. The minimum atomic E-state index is -0.765. The summed E-state index contributed by atoms with van der Waals surface area (Å²) in [6, 6.07) is 0. The summed E-state index contributed by atoms with van der Waals surface area (Å²) in [7, 11) is 1.83. The van der Waals surface area contributed by atoms with Gasteiger partial charge in [0.1, 0.15) is 0 Å². The largest absolute Gasteiger partial charge is 0.388 e. The Labute approximate surface area is 143 Å². The third-order valence-corrected chi connectivity index (χ3v) is 6.00. The van der Waals surface area contributed by atoms with Crippen LogP contribution in [0.2, 0.25) is 0 Å². The van der Waals surface area contributed by atoms with Gasteiger partial charge in [0.15, 0.2) is 5.82 Å². The van der Waals surface area contributed by atoms with Crippen LogP contribution in [0.15, 0.2) is 4.52 Å². The Bertz CT molecular complexity index is 566. The molecule has 6 heteroatoms. The summed E-state index contributed by atoms with van der Waals surface area (Å²) >= 11 is 0. The van der Waals surface area contributed by atoms with E-state index in [1.807, 2.05) is 7.11 Å². The van der Waals surface area contributed by atoms with E-state index in [0.29, 0.717) is 24.8 Å². The predicted octanol–water partition coefficient (Wildman–Crippen LogP) is 2.28. The van der Waals surface area contributed by atoms with E-state index < -0.39 is 5.60 Å². The van der Waals surface area contributed by atoms with Crippen molar-refractivity contribution in [2.45, 2.75) is 74.9 Å². The molecule has 1 aromatic rings. The van der Waals surface area contributed by atoms with Gasteiger partial charge in [-0.15, -0.1) is 0 Å². The van der Waals surface area contributed by atoms with E-state index in [1.54, 1.807) is 0 Å². The van der Waals surface area contributed by atoms with Gasteiger partial charge in [0.2, 0.25) is 5.89 Å². The number of methoxy groups -OCH3 is 1. The fourth-order valence-corrected chi connectivity index (χ4v) is 4.47. The van der Waals surface area contributed by atoms with Crippen LogP contribution in [0.4, 0.5) is 0 Å². The average molecular weight is 335 g/mol. The van der Waals surface area contributed by atoms with Gasteiger partial charge in [-0.25, -0.2) is 0 Å². The molecule has 0 aromatic carbocycles. The summed E-state index contributed by atoms with van der Waals surface area (Å²) in [5.74, 6) is 1.90. The topological polar surface area (TPSA) is 71.6 Å². The fraction of sp³-hybridized carbons (Fsp3) is 0.889. The molecule has 1 aromatic heterocycles. The van der Waals surface area contributed by atoms with Gasteiger partial charge in [-0.05, 0) is 45.1 Å². The van der Waals surface area contributed by atoms with Gasteiger partial charge in [0.25, 0.3) is 0 Å². The summed E-state index contributed by atoms with van der Waals surface area (Å²) in [5, 5.41) is 15.1. The summed E-state index contributed by atoms with van der Waals surface area (Å²) in [5.41, 5.74) is -0.777. The molecule has 0 amide bonds. The standard InChI is InChI=1S/C18H29N3O3/c1-23-18(8-2-3-9-18)13-21-10-4-7-17(22,12-21)11-15-19-16(20-24-15)14-5-6-14/h14,22H,2-13H2,1H3. The van der Waals surface area contributed by atoms with Crippen LogP contribution in [0, 0.1) is 0 Å². The van der Waals surface area contributed by atoms with Gasteiger partial charge >= 0.3 is 0 Å². The Morgan fingerprint density at radius 2 is 2.04 bits per heavy atom. The molecular formula is C18H29N3O3. The average Bonchev–Trinajstić information content (AvgIpc) is 3.14. The maximum atomic E-state index is 11.1. The van der Waals surface area contributed by atoms with Crippen LogP contribution >= 0.6 is 0 Å². The minimum Gasteiger partial charge on any atom is -0.388 e. The Morgan fingerprint density at radius 3 is 2.75 bits per heavy atom.